The lowest BCUT2D eigenvalue weighted by Crippen LogP contribution is -2.14. The maximum atomic E-state index is 11.4. The van der Waals surface area contributed by atoms with Crippen molar-refractivity contribution in [3.8, 4) is 11.5 Å². The van der Waals surface area contributed by atoms with Gasteiger partial charge in [-0.3, -0.25) is 4.79 Å². The average molecular weight is 209 g/mol. The first-order valence-corrected chi connectivity index (χ1v) is 4.63. The number of ether oxygens (including phenoxy) is 1. The first kappa shape index (κ1) is 11.5. The molecule has 0 aliphatic carbocycles. The quantitative estimate of drug-likeness (QED) is 0.733. The van der Waals surface area contributed by atoms with Crippen LogP contribution in [0.25, 0.3) is 0 Å². The number of ketones is 1. The number of carbonyl (C=O) groups excluding carboxylic acids is 1. The number of phenolic OH excluding ortho intramolecular Hbond substituents is 1. The molecule has 0 aromatic heterocycles. The molecule has 15 heavy (non-hydrogen) atoms. The Morgan fingerprint density at radius 3 is 2.60 bits per heavy atom. The number of phenols is 1. The molecule has 1 rings (SSSR count). The Morgan fingerprint density at radius 1 is 1.53 bits per heavy atom. The summed E-state index contributed by atoms with van der Waals surface area (Å²) in [5, 5.41) is 9.79. The predicted octanol–water partition coefficient (Wildman–Crippen LogP) is 1.16. The van der Waals surface area contributed by atoms with Crippen molar-refractivity contribution in [3.05, 3.63) is 22.8 Å². The zero-order chi connectivity index (χ0) is 11.6. The van der Waals surface area contributed by atoms with Gasteiger partial charge in [-0.05, 0) is 31.0 Å². The summed E-state index contributed by atoms with van der Waals surface area (Å²) < 4.78 is 5.05. The topological polar surface area (TPSA) is 72.5 Å². The van der Waals surface area contributed by atoms with Crippen molar-refractivity contribution >= 4 is 5.78 Å². The molecule has 0 aliphatic rings. The first-order chi connectivity index (χ1) is 7.02. The molecule has 82 valence electrons. The van der Waals surface area contributed by atoms with E-state index in [2.05, 4.69) is 0 Å². The third-order valence-corrected chi connectivity index (χ3v) is 2.45. The minimum Gasteiger partial charge on any atom is -0.504 e. The SMILES string of the molecule is COc1c(C)c(C)cc(C(=O)CN)c1O. The van der Waals surface area contributed by atoms with Crippen molar-refractivity contribution in [3.63, 3.8) is 0 Å². The van der Waals surface area contributed by atoms with Crippen LogP contribution in [-0.2, 0) is 0 Å². The zero-order valence-electron chi connectivity index (χ0n) is 9.13. The summed E-state index contributed by atoms with van der Waals surface area (Å²) >= 11 is 0. The number of hydrogen-bond acceptors (Lipinski definition) is 4. The summed E-state index contributed by atoms with van der Waals surface area (Å²) in [5.74, 6) is -0.0863. The van der Waals surface area contributed by atoms with E-state index < -0.39 is 0 Å². The second-order valence-electron chi connectivity index (χ2n) is 3.38. The molecule has 0 bridgehead atoms. The largest absolute Gasteiger partial charge is 0.504 e. The monoisotopic (exact) mass is 209 g/mol. The first-order valence-electron chi connectivity index (χ1n) is 4.63. The fourth-order valence-electron chi connectivity index (χ4n) is 1.44. The molecule has 0 atom stereocenters. The van der Waals surface area contributed by atoms with E-state index >= 15 is 0 Å². The molecular formula is C11H15NO3. The summed E-state index contributed by atoms with van der Waals surface area (Å²) in [6.07, 6.45) is 0. The van der Waals surface area contributed by atoms with Crippen molar-refractivity contribution < 1.29 is 14.6 Å². The van der Waals surface area contributed by atoms with E-state index in [1.54, 1.807) is 6.07 Å². The van der Waals surface area contributed by atoms with E-state index in [1.165, 1.54) is 7.11 Å². The molecular weight excluding hydrogens is 194 g/mol. The Morgan fingerprint density at radius 2 is 2.13 bits per heavy atom. The van der Waals surface area contributed by atoms with E-state index in [0.29, 0.717) is 5.75 Å². The smallest absolute Gasteiger partial charge is 0.180 e. The Balaban J connectivity index is 3.43. The Hall–Kier alpha value is -1.55. The highest BCUT2D eigenvalue weighted by molar-refractivity contribution is 6.01. The van der Waals surface area contributed by atoms with Gasteiger partial charge >= 0.3 is 0 Å². The van der Waals surface area contributed by atoms with Gasteiger partial charge in [0.15, 0.2) is 17.3 Å². The van der Waals surface area contributed by atoms with Crippen molar-refractivity contribution in [2.24, 2.45) is 5.73 Å². The van der Waals surface area contributed by atoms with Crippen LogP contribution in [0.4, 0.5) is 0 Å². The molecule has 0 saturated carbocycles. The van der Waals surface area contributed by atoms with Gasteiger partial charge < -0.3 is 15.6 Å². The van der Waals surface area contributed by atoms with E-state index in [4.69, 9.17) is 10.5 Å². The lowest BCUT2D eigenvalue weighted by atomic mass is 10.0. The number of rotatable bonds is 3. The fraction of sp³-hybridized carbons (Fsp3) is 0.364. The minimum atomic E-state index is -0.297. The molecule has 3 N–H and O–H groups in total. The summed E-state index contributed by atoms with van der Waals surface area (Å²) in [6.45, 7) is 3.55. The van der Waals surface area contributed by atoms with Crippen LogP contribution in [-0.4, -0.2) is 24.5 Å². The van der Waals surface area contributed by atoms with Crippen molar-refractivity contribution in [1.82, 2.24) is 0 Å². The van der Waals surface area contributed by atoms with Crippen molar-refractivity contribution in [2.75, 3.05) is 13.7 Å². The van der Waals surface area contributed by atoms with Gasteiger partial charge in [0.05, 0.1) is 19.2 Å². The molecule has 4 heteroatoms. The molecule has 0 heterocycles. The molecule has 0 fully saturated rings. The number of aryl methyl sites for hydroxylation is 1. The van der Waals surface area contributed by atoms with Gasteiger partial charge in [0.2, 0.25) is 0 Å². The molecule has 0 aliphatic heterocycles. The highest BCUT2D eigenvalue weighted by Crippen LogP contribution is 2.35. The van der Waals surface area contributed by atoms with Crippen LogP contribution >= 0.6 is 0 Å². The number of Topliss-reactive ketones (excluding diaryl/α,β-unsaturated/α-hetero) is 1. The molecule has 0 spiro atoms. The second-order valence-corrected chi connectivity index (χ2v) is 3.38. The number of benzene rings is 1. The Labute approximate surface area is 88.7 Å². The van der Waals surface area contributed by atoms with Gasteiger partial charge in [-0.1, -0.05) is 0 Å². The van der Waals surface area contributed by atoms with Crippen LogP contribution in [0.2, 0.25) is 0 Å². The van der Waals surface area contributed by atoms with Crippen molar-refractivity contribution in [2.45, 2.75) is 13.8 Å². The van der Waals surface area contributed by atoms with Crippen LogP contribution in [0.3, 0.4) is 0 Å². The van der Waals surface area contributed by atoms with Gasteiger partial charge in [0, 0.05) is 0 Å². The molecule has 4 nitrogen and oxygen atoms in total. The van der Waals surface area contributed by atoms with Gasteiger partial charge in [0.1, 0.15) is 0 Å². The normalized spacial score (nSPS) is 10.1. The van der Waals surface area contributed by atoms with E-state index in [9.17, 15) is 9.90 Å². The Bertz CT molecular complexity index is 399. The third-order valence-electron chi connectivity index (χ3n) is 2.45. The maximum absolute atomic E-state index is 11.4. The van der Waals surface area contributed by atoms with Crippen LogP contribution < -0.4 is 10.5 Å². The van der Waals surface area contributed by atoms with E-state index in [1.807, 2.05) is 13.8 Å². The summed E-state index contributed by atoms with van der Waals surface area (Å²) in [4.78, 5) is 11.4. The highest BCUT2D eigenvalue weighted by Gasteiger charge is 2.17. The molecule has 1 aromatic rings. The molecule has 0 saturated heterocycles. The van der Waals surface area contributed by atoms with Crippen LogP contribution in [0.15, 0.2) is 6.07 Å². The molecule has 0 radical (unpaired) electrons. The van der Waals surface area contributed by atoms with Crippen LogP contribution in [0.5, 0.6) is 11.5 Å². The number of aromatic hydroxyl groups is 1. The van der Waals surface area contributed by atoms with E-state index in [0.717, 1.165) is 11.1 Å². The summed E-state index contributed by atoms with van der Waals surface area (Å²) in [7, 11) is 1.46. The van der Waals surface area contributed by atoms with Gasteiger partial charge in [-0.2, -0.15) is 0 Å². The summed E-state index contributed by atoms with van der Waals surface area (Å²) in [6, 6.07) is 1.63. The highest BCUT2D eigenvalue weighted by atomic mass is 16.5. The van der Waals surface area contributed by atoms with Gasteiger partial charge in [0.25, 0.3) is 0 Å². The Kier molecular flexibility index (Phi) is 3.31. The number of methoxy groups -OCH3 is 1. The fourth-order valence-corrected chi connectivity index (χ4v) is 1.44. The van der Waals surface area contributed by atoms with Gasteiger partial charge in [-0.25, -0.2) is 0 Å². The third kappa shape index (κ3) is 1.94. The zero-order valence-corrected chi connectivity index (χ0v) is 9.13. The second kappa shape index (κ2) is 4.31. The summed E-state index contributed by atoms with van der Waals surface area (Å²) in [5.41, 5.74) is 7.18. The van der Waals surface area contributed by atoms with Crippen LogP contribution in [0.1, 0.15) is 21.5 Å². The van der Waals surface area contributed by atoms with Crippen LogP contribution in [0, 0.1) is 13.8 Å². The predicted molar refractivity (Wildman–Crippen MR) is 57.5 cm³/mol. The van der Waals surface area contributed by atoms with E-state index in [-0.39, 0.29) is 23.6 Å². The average Bonchev–Trinajstić information content (AvgIpc) is 2.23. The molecule has 0 amide bonds. The maximum Gasteiger partial charge on any atom is 0.180 e. The minimum absolute atomic E-state index is 0.126. The number of hydrogen-bond donors (Lipinski definition) is 2. The van der Waals surface area contributed by atoms with Crippen molar-refractivity contribution in [1.29, 1.82) is 0 Å². The molecule has 1 aromatic carbocycles. The number of nitrogens with two attached hydrogens (primary N) is 1. The van der Waals surface area contributed by atoms with Gasteiger partial charge in [-0.15, -0.1) is 0 Å². The standard InChI is InChI=1S/C11H15NO3/c1-6-4-8(9(13)5-12)10(14)11(15-3)7(6)2/h4,14H,5,12H2,1-3H3. The lowest BCUT2D eigenvalue weighted by molar-refractivity contribution is 0.0998. The lowest BCUT2D eigenvalue weighted by Gasteiger charge is -2.13. The number of carbonyl (C=O) groups is 1. The molecule has 0 unspecified atom stereocenters.